The number of aromatic nitrogens is 5. The number of hydrogen-bond acceptors (Lipinski definition) is 6. The fraction of sp³-hybridized carbons (Fsp3) is 0.217. The van der Waals surface area contributed by atoms with Crippen LogP contribution in [0.5, 0.6) is 0 Å². The number of amides is 1. The molecule has 154 valence electrons. The quantitative estimate of drug-likeness (QED) is 0.511. The maximum atomic E-state index is 13.2. The average molecular weight is 412 g/mol. The molecule has 0 aliphatic carbocycles. The summed E-state index contributed by atoms with van der Waals surface area (Å²) < 4.78 is 1.45. The van der Waals surface area contributed by atoms with Gasteiger partial charge in [-0.1, -0.05) is 0 Å². The second-order valence-corrected chi connectivity index (χ2v) is 7.54. The Morgan fingerprint density at radius 2 is 1.90 bits per heavy atom. The number of nitrogens with zero attached hydrogens (tertiary/aromatic N) is 6. The molecule has 8 heteroatoms. The van der Waals surface area contributed by atoms with Gasteiger partial charge in [-0.05, 0) is 49.2 Å². The van der Waals surface area contributed by atoms with Gasteiger partial charge in [-0.15, -0.1) is 0 Å². The van der Waals surface area contributed by atoms with E-state index >= 15 is 0 Å². The fourth-order valence-corrected chi connectivity index (χ4v) is 4.00. The molecule has 4 heterocycles. The van der Waals surface area contributed by atoms with E-state index in [4.69, 9.17) is 0 Å². The van der Waals surface area contributed by atoms with Crippen molar-refractivity contribution in [2.45, 2.75) is 25.4 Å². The second-order valence-electron chi connectivity index (χ2n) is 7.54. The summed E-state index contributed by atoms with van der Waals surface area (Å²) in [7, 11) is 0. The number of benzene rings is 1. The van der Waals surface area contributed by atoms with Gasteiger partial charge in [0.2, 0.25) is 0 Å². The molecule has 1 aliphatic heterocycles. The Balaban J connectivity index is 1.40. The van der Waals surface area contributed by atoms with Crippen LogP contribution >= 0.6 is 0 Å². The topological polar surface area (TPSA) is 93.9 Å². The summed E-state index contributed by atoms with van der Waals surface area (Å²) in [5, 5.41) is 4.52. The Morgan fingerprint density at radius 3 is 2.74 bits per heavy atom. The smallest absolute Gasteiger partial charge is 0.266 e. The van der Waals surface area contributed by atoms with Crippen LogP contribution in [0.1, 0.15) is 23.2 Å². The predicted octanol–water partition coefficient (Wildman–Crippen LogP) is 2.55. The highest BCUT2D eigenvalue weighted by atomic mass is 16.2. The second kappa shape index (κ2) is 8.06. The Labute approximate surface area is 178 Å². The number of pyridine rings is 1. The zero-order chi connectivity index (χ0) is 21.2. The molecule has 3 aromatic heterocycles. The molecule has 8 nitrogen and oxygen atoms in total. The Morgan fingerprint density at radius 1 is 1.03 bits per heavy atom. The van der Waals surface area contributed by atoms with Crippen molar-refractivity contribution in [3.8, 4) is 11.3 Å². The first-order valence-corrected chi connectivity index (χ1v) is 10.2. The van der Waals surface area contributed by atoms with Gasteiger partial charge in [0.1, 0.15) is 0 Å². The first-order chi connectivity index (χ1) is 15.2. The minimum absolute atomic E-state index is 0.0634. The van der Waals surface area contributed by atoms with Gasteiger partial charge >= 0.3 is 0 Å². The van der Waals surface area contributed by atoms with Crippen molar-refractivity contribution in [1.82, 2.24) is 29.6 Å². The third kappa shape index (κ3) is 3.79. The fourth-order valence-electron chi connectivity index (χ4n) is 4.00. The molecule has 1 aliphatic rings. The molecular weight excluding hydrogens is 392 g/mol. The number of rotatable bonds is 4. The van der Waals surface area contributed by atoms with Gasteiger partial charge < -0.3 is 4.90 Å². The zero-order valence-electron chi connectivity index (χ0n) is 16.8. The summed E-state index contributed by atoms with van der Waals surface area (Å²) in [6.07, 6.45) is 8.36. The van der Waals surface area contributed by atoms with E-state index in [1.54, 1.807) is 43.0 Å². The van der Waals surface area contributed by atoms with E-state index < -0.39 is 0 Å². The standard InChI is InChI=1S/C23H20N6O2/c30-22-8-7-19(17-3-1-9-24-14-17)27-29(22)15-18-4-2-12-28(18)23(31)16-5-6-20-21(13-16)26-11-10-25-20/h1,3,5-11,13-14,18H,2,4,12,15H2. The lowest BCUT2D eigenvalue weighted by atomic mass is 10.1. The van der Waals surface area contributed by atoms with Crippen LogP contribution in [0.4, 0.5) is 0 Å². The van der Waals surface area contributed by atoms with Crippen molar-refractivity contribution in [3.05, 3.63) is 83.2 Å². The molecule has 1 atom stereocenters. The van der Waals surface area contributed by atoms with Gasteiger partial charge in [-0.2, -0.15) is 5.10 Å². The molecule has 0 spiro atoms. The highest BCUT2D eigenvalue weighted by Crippen LogP contribution is 2.23. The molecule has 1 aromatic carbocycles. The summed E-state index contributed by atoms with van der Waals surface area (Å²) >= 11 is 0. The maximum Gasteiger partial charge on any atom is 0.266 e. The van der Waals surface area contributed by atoms with E-state index in [2.05, 4.69) is 20.1 Å². The number of fused-ring (bicyclic) bond motifs is 1. The summed E-state index contributed by atoms with van der Waals surface area (Å²) in [6.45, 7) is 1.01. The maximum absolute atomic E-state index is 13.2. The van der Waals surface area contributed by atoms with Crippen LogP contribution in [-0.4, -0.2) is 48.1 Å². The minimum Gasteiger partial charge on any atom is -0.334 e. The molecule has 4 aromatic rings. The van der Waals surface area contributed by atoms with Gasteiger partial charge in [0.25, 0.3) is 11.5 Å². The van der Waals surface area contributed by atoms with E-state index in [9.17, 15) is 9.59 Å². The molecule has 5 rings (SSSR count). The van der Waals surface area contributed by atoms with Crippen LogP contribution in [0, 0.1) is 0 Å². The van der Waals surface area contributed by atoms with E-state index in [1.165, 1.54) is 10.7 Å². The van der Waals surface area contributed by atoms with Crippen molar-refractivity contribution >= 4 is 16.9 Å². The molecule has 0 saturated carbocycles. The number of carbonyl (C=O) groups is 1. The van der Waals surface area contributed by atoms with Crippen LogP contribution in [0.2, 0.25) is 0 Å². The van der Waals surface area contributed by atoms with Gasteiger partial charge in [-0.25, -0.2) is 4.68 Å². The lowest BCUT2D eigenvalue weighted by molar-refractivity contribution is 0.0720. The van der Waals surface area contributed by atoms with E-state index in [-0.39, 0.29) is 17.5 Å². The predicted molar refractivity (Wildman–Crippen MR) is 115 cm³/mol. The Kier molecular flexibility index (Phi) is 4.95. The van der Waals surface area contributed by atoms with Crippen LogP contribution in [0.25, 0.3) is 22.3 Å². The molecular formula is C23H20N6O2. The Bertz CT molecular complexity index is 1300. The monoisotopic (exact) mass is 412 g/mol. The van der Waals surface area contributed by atoms with E-state index in [1.807, 2.05) is 23.1 Å². The van der Waals surface area contributed by atoms with Crippen molar-refractivity contribution in [2.24, 2.45) is 0 Å². The zero-order valence-corrected chi connectivity index (χ0v) is 16.8. The molecule has 1 unspecified atom stereocenters. The molecule has 1 fully saturated rings. The van der Waals surface area contributed by atoms with Crippen molar-refractivity contribution in [1.29, 1.82) is 0 Å². The highest BCUT2D eigenvalue weighted by molar-refractivity contribution is 5.97. The number of likely N-dealkylation sites (tertiary alicyclic amines) is 1. The van der Waals surface area contributed by atoms with Gasteiger partial charge in [0.15, 0.2) is 0 Å². The van der Waals surface area contributed by atoms with Gasteiger partial charge in [-0.3, -0.25) is 24.5 Å². The number of hydrogen-bond donors (Lipinski definition) is 0. The number of carbonyl (C=O) groups excluding carboxylic acids is 1. The molecule has 1 amide bonds. The summed E-state index contributed by atoms with van der Waals surface area (Å²) in [5.41, 5.74) is 3.34. The lowest BCUT2D eigenvalue weighted by Crippen LogP contribution is -2.40. The van der Waals surface area contributed by atoms with Crippen molar-refractivity contribution in [2.75, 3.05) is 6.54 Å². The molecule has 1 saturated heterocycles. The van der Waals surface area contributed by atoms with Crippen LogP contribution < -0.4 is 5.56 Å². The normalized spacial score (nSPS) is 16.0. The minimum atomic E-state index is -0.187. The summed E-state index contributed by atoms with van der Waals surface area (Å²) in [5.74, 6) is -0.0634. The van der Waals surface area contributed by atoms with Crippen LogP contribution in [0.3, 0.4) is 0 Å². The van der Waals surface area contributed by atoms with E-state index in [0.717, 1.165) is 23.9 Å². The highest BCUT2D eigenvalue weighted by Gasteiger charge is 2.30. The lowest BCUT2D eigenvalue weighted by Gasteiger charge is -2.25. The molecule has 31 heavy (non-hydrogen) atoms. The Hall–Kier alpha value is -3.94. The summed E-state index contributed by atoms with van der Waals surface area (Å²) in [6, 6.07) is 12.2. The largest absolute Gasteiger partial charge is 0.334 e. The molecule has 0 radical (unpaired) electrons. The average Bonchev–Trinajstić information content (AvgIpc) is 3.28. The summed E-state index contributed by atoms with van der Waals surface area (Å²) in [4.78, 5) is 40.2. The third-order valence-electron chi connectivity index (χ3n) is 5.56. The molecule has 0 bridgehead atoms. The third-order valence-corrected chi connectivity index (χ3v) is 5.56. The molecule has 0 N–H and O–H groups in total. The SMILES string of the molecule is O=C(c1ccc2nccnc2c1)N1CCCC1Cn1nc(-c2cccnc2)ccc1=O. The van der Waals surface area contributed by atoms with Crippen LogP contribution in [0.15, 0.2) is 72.0 Å². The van der Waals surface area contributed by atoms with Crippen LogP contribution in [-0.2, 0) is 6.54 Å². The van der Waals surface area contributed by atoms with Crippen molar-refractivity contribution in [3.63, 3.8) is 0 Å². The van der Waals surface area contributed by atoms with Gasteiger partial charge in [0.05, 0.1) is 29.3 Å². The van der Waals surface area contributed by atoms with E-state index in [0.29, 0.717) is 29.9 Å². The van der Waals surface area contributed by atoms with Crippen molar-refractivity contribution < 1.29 is 4.79 Å². The first-order valence-electron chi connectivity index (χ1n) is 10.2. The van der Waals surface area contributed by atoms with Gasteiger partial charge in [0, 0.05) is 48.5 Å². The first kappa shape index (κ1) is 19.0.